The van der Waals surface area contributed by atoms with E-state index in [2.05, 4.69) is 15.3 Å². The van der Waals surface area contributed by atoms with Gasteiger partial charge in [0.05, 0.1) is 11.4 Å². The fraction of sp³-hybridized carbons (Fsp3) is 0.0800. The molecule has 0 fully saturated rings. The van der Waals surface area contributed by atoms with Crippen molar-refractivity contribution in [1.82, 2.24) is 14.4 Å². The normalized spacial score (nSPS) is 10.9. The first-order valence-electron chi connectivity index (χ1n) is 10.1. The number of fused-ring (bicyclic) bond motifs is 1. The van der Waals surface area contributed by atoms with Crippen LogP contribution < -0.4 is 10.1 Å². The Balaban J connectivity index is 1.25. The number of aromatic nitrogens is 3. The summed E-state index contributed by atoms with van der Waals surface area (Å²) >= 11 is 1.40. The highest BCUT2D eigenvalue weighted by atomic mass is 32.1. The summed E-state index contributed by atoms with van der Waals surface area (Å²) in [4.78, 5) is 21.8. The maximum atomic E-state index is 12.7. The van der Waals surface area contributed by atoms with Crippen molar-refractivity contribution in [3.8, 4) is 17.0 Å². The van der Waals surface area contributed by atoms with E-state index in [9.17, 15) is 4.79 Å². The van der Waals surface area contributed by atoms with Gasteiger partial charge in [0, 0.05) is 28.9 Å². The number of thiazole rings is 1. The lowest BCUT2D eigenvalue weighted by Gasteiger charge is -2.07. The molecular formula is C25H20N4O2S. The standard InChI is InChI=1S/C25H20N4O2S/c1-17-10-11-23-26-20(14-29(23)13-17)15-31-21-9-5-8-19(12-21)24(30)28-25-27-22(16-32-25)18-6-3-2-4-7-18/h2-14,16H,15H2,1H3,(H,27,28,30). The number of carbonyl (C=O) groups is 1. The Labute approximate surface area is 189 Å². The zero-order valence-electron chi connectivity index (χ0n) is 17.4. The van der Waals surface area contributed by atoms with Crippen LogP contribution in [0.15, 0.2) is 84.5 Å². The second-order valence-electron chi connectivity index (χ2n) is 7.38. The van der Waals surface area contributed by atoms with E-state index in [-0.39, 0.29) is 5.91 Å². The molecule has 158 valence electrons. The van der Waals surface area contributed by atoms with Gasteiger partial charge in [0.25, 0.3) is 5.91 Å². The third-order valence-electron chi connectivity index (χ3n) is 4.93. The summed E-state index contributed by atoms with van der Waals surface area (Å²) in [6, 6.07) is 21.0. The van der Waals surface area contributed by atoms with Gasteiger partial charge in [0.1, 0.15) is 18.0 Å². The molecule has 0 unspecified atom stereocenters. The molecule has 7 heteroatoms. The van der Waals surface area contributed by atoms with Gasteiger partial charge >= 0.3 is 0 Å². The van der Waals surface area contributed by atoms with Crippen molar-refractivity contribution < 1.29 is 9.53 Å². The van der Waals surface area contributed by atoms with E-state index in [1.54, 1.807) is 18.2 Å². The highest BCUT2D eigenvalue weighted by Gasteiger charge is 2.11. The Hall–Kier alpha value is -3.97. The number of hydrogen-bond acceptors (Lipinski definition) is 5. The Kier molecular flexibility index (Phi) is 5.39. The molecule has 0 atom stereocenters. The number of anilines is 1. The Bertz CT molecular complexity index is 1390. The predicted molar refractivity (Wildman–Crippen MR) is 126 cm³/mol. The number of carbonyl (C=O) groups excluding carboxylic acids is 1. The summed E-state index contributed by atoms with van der Waals surface area (Å²) in [7, 11) is 0. The lowest BCUT2D eigenvalue weighted by atomic mass is 10.2. The van der Waals surface area contributed by atoms with E-state index in [1.807, 2.05) is 77.6 Å². The number of pyridine rings is 1. The van der Waals surface area contributed by atoms with Gasteiger partial charge in [-0.1, -0.05) is 42.5 Å². The molecule has 1 amide bonds. The van der Waals surface area contributed by atoms with E-state index in [1.165, 1.54) is 11.3 Å². The number of imidazole rings is 1. The lowest BCUT2D eigenvalue weighted by Crippen LogP contribution is -2.11. The molecule has 0 radical (unpaired) electrons. The molecule has 3 heterocycles. The molecule has 3 aromatic heterocycles. The molecule has 2 aromatic carbocycles. The van der Waals surface area contributed by atoms with Gasteiger partial charge in [0.15, 0.2) is 5.13 Å². The molecule has 0 aliphatic heterocycles. The summed E-state index contributed by atoms with van der Waals surface area (Å²) in [6.07, 6.45) is 3.98. The van der Waals surface area contributed by atoms with Gasteiger partial charge in [-0.05, 0) is 36.8 Å². The molecule has 0 spiro atoms. The van der Waals surface area contributed by atoms with E-state index >= 15 is 0 Å². The smallest absolute Gasteiger partial charge is 0.257 e. The highest BCUT2D eigenvalue weighted by Crippen LogP contribution is 2.25. The van der Waals surface area contributed by atoms with E-state index < -0.39 is 0 Å². The van der Waals surface area contributed by atoms with Crippen LogP contribution in [0, 0.1) is 6.92 Å². The number of nitrogens with zero attached hydrogens (tertiary/aromatic N) is 3. The molecule has 0 saturated carbocycles. The zero-order chi connectivity index (χ0) is 21.9. The van der Waals surface area contributed by atoms with Gasteiger partial charge in [-0.3, -0.25) is 10.1 Å². The summed E-state index contributed by atoms with van der Waals surface area (Å²) in [5.74, 6) is 0.377. The Morgan fingerprint density at radius 3 is 2.78 bits per heavy atom. The third kappa shape index (κ3) is 4.38. The van der Waals surface area contributed by atoms with Crippen molar-refractivity contribution in [2.45, 2.75) is 13.5 Å². The van der Waals surface area contributed by atoms with Crippen molar-refractivity contribution in [2.75, 3.05) is 5.32 Å². The zero-order valence-corrected chi connectivity index (χ0v) is 18.2. The average Bonchev–Trinajstić information content (AvgIpc) is 3.45. The molecule has 5 aromatic rings. The summed E-state index contributed by atoms with van der Waals surface area (Å²) in [6.45, 7) is 2.36. The molecule has 0 aliphatic rings. The van der Waals surface area contributed by atoms with Gasteiger partial charge in [-0.2, -0.15) is 0 Å². The second-order valence-corrected chi connectivity index (χ2v) is 8.24. The Morgan fingerprint density at radius 1 is 1.03 bits per heavy atom. The maximum Gasteiger partial charge on any atom is 0.257 e. The molecule has 0 bridgehead atoms. The first kappa shape index (κ1) is 20.0. The van der Waals surface area contributed by atoms with Crippen molar-refractivity contribution in [2.24, 2.45) is 0 Å². The van der Waals surface area contributed by atoms with Crippen LogP contribution >= 0.6 is 11.3 Å². The van der Waals surface area contributed by atoms with Crippen LogP contribution in [-0.2, 0) is 6.61 Å². The number of rotatable bonds is 6. The van der Waals surface area contributed by atoms with Crippen LogP contribution in [0.3, 0.4) is 0 Å². The minimum Gasteiger partial charge on any atom is -0.487 e. The highest BCUT2D eigenvalue weighted by molar-refractivity contribution is 7.14. The van der Waals surface area contributed by atoms with Crippen molar-refractivity contribution in [3.63, 3.8) is 0 Å². The fourth-order valence-electron chi connectivity index (χ4n) is 3.35. The summed E-state index contributed by atoms with van der Waals surface area (Å²) in [5, 5.41) is 5.36. The van der Waals surface area contributed by atoms with Crippen molar-refractivity contribution in [1.29, 1.82) is 0 Å². The minimum absolute atomic E-state index is 0.229. The van der Waals surface area contributed by atoms with Gasteiger partial charge < -0.3 is 9.14 Å². The van der Waals surface area contributed by atoms with Gasteiger partial charge in [-0.15, -0.1) is 11.3 Å². The first-order valence-corrected chi connectivity index (χ1v) is 11.0. The van der Waals surface area contributed by atoms with Crippen molar-refractivity contribution in [3.05, 3.63) is 101 Å². The molecule has 5 rings (SSSR count). The number of aryl methyl sites for hydroxylation is 1. The number of benzene rings is 2. The van der Waals surface area contributed by atoms with Gasteiger partial charge in [0.2, 0.25) is 0 Å². The maximum absolute atomic E-state index is 12.7. The quantitative estimate of drug-likeness (QED) is 0.373. The van der Waals surface area contributed by atoms with Crippen LogP contribution in [0.5, 0.6) is 5.75 Å². The monoisotopic (exact) mass is 440 g/mol. The fourth-order valence-corrected chi connectivity index (χ4v) is 4.07. The van der Waals surface area contributed by atoms with Crippen LogP contribution in [0.4, 0.5) is 5.13 Å². The van der Waals surface area contributed by atoms with Crippen LogP contribution in [0.2, 0.25) is 0 Å². The van der Waals surface area contributed by atoms with E-state index in [0.29, 0.717) is 23.1 Å². The molecule has 0 saturated heterocycles. The second kappa shape index (κ2) is 8.64. The predicted octanol–water partition coefficient (Wildman–Crippen LogP) is 5.60. The lowest BCUT2D eigenvalue weighted by molar-refractivity contribution is 0.102. The van der Waals surface area contributed by atoms with Crippen LogP contribution in [0.1, 0.15) is 21.6 Å². The van der Waals surface area contributed by atoms with Gasteiger partial charge in [-0.25, -0.2) is 9.97 Å². The Morgan fingerprint density at radius 2 is 1.91 bits per heavy atom. The molecule has 0 aliphatic carbocycles. The minimum atomic E-state index is -0.229. The first-order chi connectivity index (χ1) is 15.6. The number of ether oxygens (including phenoxy) is 1. The summed E-state index contributed by atoms with van der Waals surface area (Å²) < 4.78 is 7.87. The van der Waals surface area contributed by atoms with E-state index in [0.717, 1.165) is 28.2 Å². The van der Waals surface area contributed by atoms with Crippen molar-refractivity contribution >= 4 is 28.0 Å². The number of amides is 1. The molecule has 1 N–H and O–H groups in total. The average molecular weight is 441 g/mol. The largest absolute Gasteiger partial charge is 0.487 e. The topological polar surface area (TPSA) is 68.5 Å². The molecular weight excluding hydrogens is 420 g/mol. The SMILES string of the molecule is Cc1ccc2nc(COc3cccc(C(=O)Nc4nc(-c5ccccc5)cs4)c3)cn2c1. The molecule has 32 heavy (non-hydrogen) atoms. The third-order valence-corrected chi connectivity index (χ3v) is 5.68. The summed E-state index contributed by atoms with van der Waals surface area (Å²) in [5.41, 5.74) is 5.22. The van der Waals surface area contributed by atoms with E-state index in [4.69, 9.17) is 4.74 Å². The van der Waals surface area contributed by atoms with Crippen LogP contribution in [0.25, 0.3) is 16.9 Å². The van der Waals surface area contributed by atoms with Crippen LogP contribution in [-0.4, -0.2) is 20.3 Å². The number of nitrogens with one attached hydrogen (secondary N) is 1. The number of hydrogen-bond donors (Lipinski definition) is 1. The molecule has 6 nitrogen and oxygen atoms in total.